The number of pyridine rings is 1. The van der Waals surface area contributed by atoms with E-state index in [2.05, 4.69) is 27.5 Å². The summed E-state index contributed by atoms with van der Waals surface area (Å²) in [6.07, 6.45) is 1.60. The van der Waals surface area contributed by atoms with Gasteiger partial charge >= 0.3 is 6.03 Å². The van der Waals surface area contributed by atoms with Gasteiger partial charge in [0, 0.05) is 29.0 Å². The van der Waals surface area contributed by atoms with Crippen LogP contribution >= 0.6 is 0 Å². The molecule has 2 aromatic carbocycles. The Bertz CT molecular complexity index is 1040. The quantitative estimate of drug-likeness (QED) is 0.579. The highest BCUT2D eigenvalue weighted by molar-refractivity contribution is 6.12. The molecule has 142 valence electrons. The van der Waals surface area contributed by atoms with Crippen molar-refractivity contribution in [2.45, 2.75) is 13.8 Å². The van der Waals surface area contributed by atoms with E-state index in [-0.39, 0.29) is 11.9 Å². The maximum absolute atomic E-state index is 12.8. The van der Waals surface area contributed by atoms with Gasteiger partial charge in [-0.3, -0.25) is 9.78 Å². The molecule has 3 rings (SSSR count). The molecule has 0 saturated carbocycles. The van der Waals surface area contributed by atoms with E-state index in [1.807, 2.05) is 32.0 Å². The summed E-state index contributed by atoms with van der Waals surface area (Å²) in [5, 5.41) is 9.06. The van der Waals surface area contributed by atoms with Gasteiger partial charge in [-0.15, -0.1) is 6.58 Å². The first kappa shape index (κ1) is 19.1. The van der Waals surface area contributed by atoms with Crippen LogP contribution < -0.4 is 16.0 Å². The predicted molar refractivity (Wildman–Crippen MR) is 113 cm³/mol. The number of fused-ring (bicyclic) bond motifs is 1. The molecule has 0 spiro atoms. The number of aromatic nitrogens is 1. The maximum atomic E-state index is 12.8. The van der Waals surface area contributed by atoms with Crippen molar-refractivity contribution in [2.24, 2.45) is 0 Å². The third-order valence-electron chi connectivity index (χ3n) is 4.14. The minimum absolute atomic E-state index is 0.203. The molecule has 6 nitrogen and oxygen atoms in total. The van der Waals surface area contributed by atoms with Gasteiger partial charge in [-0.25, -0.2) is 4.79 Å². The normalized spacial score (nSPS) is 10.4. The number of benzene rings is 2. The molecule has 6 heteroatoms. The zero-order chi connectivity index (χ0) is 20.1. The fraction of sp³-hybridized carbons (Fsp3) is 0.136. The highest BCUT2D eigenvalue weighted by Crippen LogP contribution is 2.22. The number of aryl methyl sites for hydroxylation is 2. The number of hydrogen-bond donors (Lipinski definition) is 3. The first-order valence-corrected chi connectivity index (χ1v) is 8.91. The van der Waals surface area contributed by atoms with Crippen LogP contribution in [0.3, 0.4) is 0 Å². The van der Waals surface area contributed by atoms with Crippen LogP contribution in [0.25, 0.3) is 10.9 Å². The number of carbonyl (C=O) groups excluding carboxylic acids is 2. The highest BCUT2D eigenvalue weighted by atomic mass is 16.2. The number of hydrogen-bond acceptors (Lipinski definition) is 3. The third kappa shape index (κ3) is 4.54. The summed E-state index contributed by atoms with van der Waals surface area (Å²) in [6, 6.07) is 14.3. The molecular weight excluding hydrogens is 352 g/mol. The van der Waals surface area contributed by atoms with Crippen LogP contribution in [0, 0.1) is 13.8 Å². The van der Waals surface area contributed by atoms with Crippen LogP contribution in [0.5, 0.6) is 0 Å². The average molecular weight is 374 g/mol. The van der Waals surface area contributed by atoms with Gasteiger partial charge in [-0.05, 0) is 56.3 Å². The lowest BCUT2D eigenvalue weighted by molar-refractivity contribution is 0.102. The number of urea groups is 1. The topological polar surface area (TPSA) is 83.1 Å². The number of carbonyl (C=O) groups is 2. The minimum atomic E-state index is -0.314. The first-order chi connectivity index (χ1) is 13.5. The van der Waals surface area contributed by atoms with Crippen LogP contribution in [0.1, 0.15) is 21.6 Å². The molecule has 0 atom stereocenters. The Kier molecular flexibility index (Phi) is 5.69. The monoisotopic (exact) mass is 374 g/mol. The molecule has 3 amide bonds. The molecule has 0 aliphatic heterocycles. The van der Waals surface area contributed by atoms with E-state index in [9.17, 15) is 9.59 Å². The van der Waals surface area contributed by atoms with Gasteiger partial charge in [-0.1, -0.05) is 17.7 Å². The van der Waals surface area contributed by atoms with Gasteiger partial charge in [0.1, 0.15) is 0 Å². The van der Waals surface area contributed by atoms with Gasteiger partial charge in [0.15, 0.2) is 0 Å². The van der Waals surface area contributed by atoms with Gasteiger partial charge in [0.2, 0.25) is 0 Å². The van der Waals surface area contributed by atoms with Gasteiger partial charge in [0.05, 0.1) is 11.1 Å². The Balaban J connectivity index is 1.76. The first-order valence-electron chi connectivity index (χ1n) is 8.91. The number of anilines is 2. The lowest BCUT2D eigenvalue weighted by Gasteiger charge is -2.11. The molecule has 3 N–H and O–H groups in total. The van der Waals surface area contributed by atoms with E-state index in [0.717, 1.165) is 22.2 Å². The Morgan fingerprint density at radius 2 is 1.68 bits per heavy atom. The Morgan fingerprint density at radius 1 is 1.00 bits per heavy atom. The van der Waals surface area contributed by atoms with Crippen molar-refractivity contribution in [3.63, 3.8) is 0 Å². The second-order valence-electron chi connectivity index (χ2n) is 6.49. The molecule has 28 heavy (non-hydrogen) atoms. The van der Waals surface area contributed by atoms with Crippen LogP contribution in [-0.4, -0.2) is 23.5 Å². The zero-order valence-electron chi connectivity index (χ0n) is 15.9. The maximum Gasteiger partial charge on any atom is 0.319 e. The number of amides is 3. The Hall–Kier alpha value is -3.67. The molecule has 0 aliphatic carbocycles. The second-order valence-corrected chi connectivity index (χ2v) is 6.49. The molecule has 1 aromatic heterocycles. The SMILES string of the molecule is C=CCNC(=O)Nc1ccc(NC(=O)c2cc(C)nc3ccc(C)cc23)cc1. The third-order valence-corrected chi connectivity index (χ3v) is 4.14. The smallest absolute Gasteiger partial charge is 0.319 e. The summed E-state index contributed by atoms with van der Waals surface area (Å²) in [5.41, 5.74) is 4.49. The Morgan fingerprint density at radius 3 is 2.36 bits per heavy atom. The molecule has 0 saturated heterocycles. The van der Waals surface area contributed by atoms with Gasteiger partial charge < -0.3 is 16.0 Å². The number of nitrogens with one attached hydrogen (secondary N) is 3. The number of rotatable bonds is 5. The highest BCUT2D eigenvalue weighted by Gasteiger charge is 2.13. The van der Waals surface area contributed by atoms with Crippen molar-refractivity contribution in [3.8, 4) is 0 Å². The summed E-state index contributed by atoms with van der Waals surface area (Å²) in [4.78, 5) is 29.0. The van der Waals surface area contributed by atoms with E-state index >= 15 is 0 Å². The molecule has 0 unspecified atom stereocenters. The molecule has 1 heterocycles. The summed E-state index contributed by atoms with van der Waals surface area (Å²) < 4.78 is 0. The lowest BCUT2D eigenvalue weighted by Crippen LogP contribution is -2.28. The van der Waals surface area contributed by atoms with Crippen LogP contribution in [-0.2, 0) is 0 Å². The van der Waals surface area contributed by atoms with E-state index in [1.165, 1.54) is 0 Å². The fourth-order valence-corrected chi connectivity index (χ4v) is 2.84. The van der Waals surface area contributed by atoms with Crippen molar-refractivity contribution in [1.82, 2.24) is 10.3 Å². The van der Waals surface area contributed by atoms with E-state index in [1.54, 1.807) is 36.4 Å². The molecule has 0 bridgehead atoms. The summed E-state index contributed by atoms with van der Waals surface area (Å²) >= 11 is 0. The summed E-state index contributed by atoms with van der Waals surface area (Å²) in [7, 11) is 0. The van der Waals surface area contributed by atoms with E-state index in [0.29, 0.717) is 23.5 Å². The van der Waals surface area contributed by atoms with Crippen LogP contribution in [0.4, 0.5) is 16.2 Å². The van der Waals surface area contributed by atoms with Crippen molar-refractivity contribution in [3.05, 3.63) is 78.0 Å². The van der Waals surface area contributed by atoms with Crippen LogP contribution in [0.15, 0.2) is 61.2 Å². The number of nitrogens with zero attached hydrogens (tertiary/aromatic N) is 1. The van der Waals surface area contributed by atoms with Gasteiger partial charge in [0.25, 0.3) is 5.91 Å². The lowest BCUT2D eigenvalue weighted by atomic mass is 10.0. The standard InChI is InChI=1S/C22H22N4O2/c1-4-11-23-22(28)26-17-8-6-16(7-9-17)25-21(27)19-13-15(3)24-20-10-5-14(2)12-18(19)20/h4-10,12-13H,1,11H2,2-3H3,(H,25,27)(H2,23,26,28). The minimum Gasteiger partial charge on any atom is -0.334 e. The van der Waals surface area contributed by atoms with Crippen LogP contribution in [0.2, 0.25) is 0 Å². The molecule has 3 aromatic rings. The summed E-state index contributed by atoms with van der Waals surface area (Å²) in [6.45, 7) is 7.79. The summed E-state index contributed by atoms with van der Waals surface area (Å²) in [5.74, 6) is -0.203. The average Bonchev–Trinajstić information content (AvgIpc) is 2.67. The predicted octanol–water partition coefficient (Wildman–Crippen LogP) is 4.41. The van der Waals surface area contributed by atoms with E-state index < -0.39 is 0 Å². The molecular formula is C22H22N4O2. The van der Waals surface area contributed by atoms with Crippen molar-refractivity contribution >= 4 is 34.2 Å². The van der Waals surface area contributed by atoms with Crippen molar-refractivity contribution in [1.29, 1.82) is 0 Å². The Labute approximate surface area is 163 Å². The fourth-order valence-electron chi connectivity index (χ4n) is 2.84. The van der Waals surface area contributed by atoms with Crippen molar-refractivity contribution in [2.75, 3.05) is 17.2 Å². The second kappa shape index (κ2) is 8.35. The van der Waals surface area contributed by atoms with Crippen molar-refractivity contribution < 1.29 is 9.59 Å². The van der Waals surface area contributed by atoms with E-state index in [4.69, 9.17) is 0 Å². The largest absolute Gasteiger partial charge is 0.334 e. The molecule has 0 fully saturated rings. The molecule has 0 aliphatic rings. The molecule has 0 radical (unpaired) electrons. The van der Waals surface area contributed by atoms with Gasteiger partial charge in [-0.2, -0.15) is 0 Å². The zero-order valence-corrected chi connectivity index (χ0v) is 15.9.